The molecule has 3 aliphatic heterocycles. The molecular formula is C52H58F8N10O8. The Hall–Kier alpha value is -7.21. The molecule has 6 atom stereocenters. The van der Waals surface area contributed by atoms with E-state index in [4.69, 9.17) is 4.74 Å². The summed E-state index contributed by atoms with van der Waals surface area (Å²) in [5.74, 6) is 1.13. The molecule has 3 fully saturated rings. The molecule has 3 saturated heterocycles. The first kappa shape index (κ1) is 58.5. The number of methoxy groups -OCH3 is 2. The topological polar surface area (TPSA) is 213 Å². The summed E-state index contributed by atoms with van der Waals surface area (Å²) < 4.78 is 134. The van der Waals surface area contributed by atoms with E-state index in [1.54, 1.807) is 18.3 Å². The number of aromatic nitrogens is 3. The Morgan fingerprint density at radius 2 is 1.33 bits per heavy atom. The van der Waals surface area contributed by atoms with E-state index in [9.17, 15) is 50.6 Å². The smallest absolute Gasteiger partial charge is 0.407 e. The number of aliphatic hydroxyl groups is 1. The van der Waals surface area contributed by atoms with E-state index in [2.05, 4.69) is 56.8 Å². The van der Waals surface area contributed by atoms with Crippen molar-refractivity contribution in [3.63, 3.8) is 0 Å². The molecular weight excluding hydrogens is 1040 g/mol. The minimum atomic E-state index is -5.19. The minimum Gasteiger partial charge on any atom is -0.453 e. The monoisotopic (exact) mass is 1100 g/mol. The molecule has 78 heavy (non-hydrogen) atoms. The molecule has 18 nitrogen and oxygen atoms in total. The summed E-state index contributed by atoms with van der Waals surface area (Å²) in [5, 5.41) is 18.7. The van der Waals surface area contributed by atoms with Gasteiger partial charge in [0.15, 0.2) is 5.82 Å². The molecule has 5 N–H and O–H groups in total. The van der Waals surface area contributed by atoms with Crippen LogP contribution in [0.15, 0.2) is 73.2 Å². The second-order valence-electron chi connectivity index (χ2n) is 20.2. The van der Waals surface area contributed by atoms with Crippen molar-refractivity contribution in [3.05, 3.63) is 107 Å². The number of likely N-dealkylation sites (tertiary alicyclic amines) is 1. The zero-order valence-corrected chi connectivity index (χ0v) is 43.1. The quantitative estimate of drug-likeness (QED) is 0.0478. The number of hydrazine groups is 1. The maximum absolute atomic E-state index is 16.0. The number of halogens is 8. The zero-order chi connectivity index (χ0) is 56.9. The molecule has 4 amide bonds. The van der Waals surface area contributed by atoms with Crippen molar-refractivity contribution in [3.8, 4) is 23.2 Å². The Kier molecular flexibility index (Phi) is 17.8. The third-order valence-corrected chi connectivity index (χ3v) is 14.3. The van der Waals surface area contributed by atoms with Gasteiger partial charge in [-0.2, -0.15) is 26.3 Å². The normalized spacial score (nSPS) is 18.4. The standard InChI is InChI=1S/C52H58F8N10O8/c1-49(2,51(55,56)57)42(65-47(74)76-5)45(72)64-39(18-30-11-8-29(9-12-30)10-13-31-14-15-41(63-22-31)70-24-33-21-34(70)23-69(33)35-27-78-28-35)40(71)26-68(67-46(73)43(66-48(75)77-6)50(3,4)52(58,59)60)25-36-37(53)19-32(20-38(36)54)44-61-16-7-17-62-44/h7-9,11-12,14-17,19-20,22,33-35,39-40,42-43,71H,18,21,23-28H2,1-6H3,(H,64,72)(H,65,74)(H,66,75)(H,67,73)/t33-,34-,39+,40+,42-,43-/m1/s1. The number of carbonyl (C=O) groups excluding carboxylic acids is 4. The van der Waals surface area contributed by atoms with E-state index in [0.29, 0.717) is 67.5 Å². The van der Waals surface area contributed by atoms with Gasteiger partial charge in [-0.15, -0.1) is 0 Å². The van der Waals surface area contributed by atoms with Crippen LogP contribution in [0.25, 0.3) is 11.4 Å². The maximum Gasteiger partial charge on any atom is 0.407 e. The summed E-state index contributed by atoms with van der Waals surface area (Å²) in [6.45, 7) is 3.61. The maximum atomic E-state index is 16.0. The van der Waals surface area contributed by atoms with Gasteiger partial charge in [0.05, 0.1) is 56.5 Å². The third-order valence-electron chi connectivity index (χ3n) is 14.3. The van der Waals surface area contributed by atoms with Crippen molar-refractivity contribution >= 4 is 29.8 Å². The number of alkyl carbamates (subject to hydrolysis) is 2. The van der Waals surface area contributed by atoms with Crippen molar-refractivity contribution in [2.75, 3.05) is 52.0 Å². The van der Waals surface area contributed by atoms with Crippen LogP contribution in [-0.2, 0) is 36.8 Å². The number of aliphatic hydroxyl groups excluding tert-OH is 1. The highest BCUT2D eigenvalue weighted by Crippen LogP contribution is 2.42. The predicted octanol–water partition coefficient (Wildman–Crippen LogP) is 5.43. The van der Waals surface area contributed by atoms with E-state index in [1.165, 1.54) is 30.6 Å². The number of hydrogen-bond donors (Lipinski definition) is 5. The van der Waals surface area contributed by atoms with Crippen LogP contribution < -0.4 is 26.3 Å². The molecule has 3 aliphatic rings. The highest BCUT2D eigenvalue weighted by molar-refractivity contribution is 5.87. The van der Waals surface area contributed by atoms with E-state index >= 15 is 8.78 Å². The van der Waals surface area contributed by atoms with Gasteiger partial charge in [0, 0.05) is 79.1 Å². The molecule has 0 unspecified atom stereocenters. The molecule has 2 aromatic carbocycles. The number of nitrogens with zero attached hydrogens (tertiary/aromatic N) is 6. The van der Waals surface area contributed by atoms with E-state index in [-0.39, 0.29) is 11.4 Å². The number of piperazine rings is 1. The average molecular weight is 1100 g/mol. The van der Waals surface area contributed by atoms with Crippen molar-refractivity contribution in [1.82, 2.24) is 46.2 Å². The SMILES string of the molecule is COC(=O)N[C@H](C(=O)N[C@@H](Cc1ccc(C#Cc2ccc(N3C[C@H]4C[C@@H]3CN4C3COC3)nc2)cc1)[C@@H](O)CN(Cc1c(F)cc(-c2ncccn2)cc1F)NC(=O)[C@@H](NC(=O)OC)C(C)(C)C(F)(F)F)C(C)(C)C(F)(F)F. The number of rotatable bonds is 18. The number of benzene rings is 2. The van der Waals surface area contributed by atoms with Gasteiger partial charge < -0.3 is 40.2 Å². The molecule has 7 rings (SSSR count). The Balaban J connectivity index is 1.18. The Bertz CT molecular complexity index is 2830. The number of nitrogens with one attached hydrogen (secondary N) is 4. The lowest BCUT2D eigenvalue weighted by Gasteiger charge is -2.42. The van der Waals surface area contributed by atoms with E-state index < -0.39 is 108 Å². The van der Waals surface area contributed by atoms with Gasteiger partial charge in [-0.1, -0.05) is 24.0 Å². The van der Waals surface area contributed by atoms with Gasteiger partial charge in [-0.05, 0) is 88.6 Å². The molecule has 2 aromatic heterocycles. The Morgan fingerprint density at radius 1 is 0.769 bits per heavy atom. The van der Waals surface area contributed by atoms with Gasteiger partial charge in [0.2, 0.25) is 5.91 Å². The van der Waals surface area contributed by atoms with Gasteiger partial charge in [-0.3, -0.25) is 19.9 Å². The summed E-state index contributed by atoms with van der Waals surface area (Å²) in [6, 6.07) is 7.65. The number of fused-ring (bicyclic) bond motifs is 2. The van der Waals surface area contributed by atoms with Crippen LogP contribution in [0.4, 0.5) is 50.5 Å². The number of pyridine rings is 1. The first-order chi connectivity index (χ1) is 36.7. The van der Waals surface area contributed by atoms with E-state index in [1.807, 2.05) is 22.8 Å². The Morgan fingerprint density at radius 3 is 1.83 bits per heavy atom. The van der Waals surface area contributed by atoms with Crippen LogP contribution in [0.3, 0.4) is 0 Å². The zero-order valence-electron chi connectivity index (χ0n) is 43.1. The third kappa shape index (κ3) is 13.4. The molecule has 0 spiro atoms. The molecule has 0 radical (unpaired) electrons. The molecule has 0 saturated carbocycles. The first-order valence-corrected chi connectivity index (χ1v) is 24.5. The molecule has 0 aliphatic carbocycles. The molecule has 26 heteroatoms. The van der Waals surface area contributed by atoms with Crippen LogP contribution in [0.2, 0.25) is 0 Å². The lowest BCUT2D eigenvalue weighted by atomic mass is 9.82. The summed E-state index contributed by atoms with van der Waals surface area (Å²) in [4.78, 5) is 70.2. The lowest BCUT2D eigenvalue weighted by Crippen LogP contribution is -2.63. The summed E-state index contributed by atoms with van der Waals surface area (Å²) >= 11 is 0. The van der Waals surface area contributed by atoms with Crippen LogP contribution in [0.5, 0.6) is 0 Å². The van der Waals surface area contributed by atoms with Gasteiger partial charge in [0.1, 0.15) is 29.5 Å². The number of amides is 4. The molecule has 5 heterocycles. The fourth-order valence-corrected chi connectivity index (χ4v) is 9.22. The van der Waals surface area contributed by atoms with Crippen molar-refractivity contribution < 1.29 is 73.6 Å². The Labute approximate surface area is 443 Å². The van der Waals surface area contributed by atoms with Gasteiger partial charge >= 0.3 is 24.5 Å². The van der Waals surface area contributed by atoms with Crippen molar-refractivity contribution in [2.45, 2.75) is 102 Å². The highest BCUT2D eigenvalue weighted by Gasteiger charge is 2.57. The second-order valence-corrected chi connectivity index (χ2v) is 20.2. The fourth-order valence-electron chi connectivity index (χ4n) is 9.22. The molecule has 420 valence electrons. The van der Waals surface area contributed by atoms with Gasteiger partial charge in [0.25, 0.3) is 5.91 Å². The minimum absolute atomic E-state index is 0.0975. The largest absolute Gasteiger partial charge is 0.453 e. The van der Waals surface area contributed by atoms with E-state index in [0.717, 1.165) is 64.9 Å². The van der Waals surface area contributed by atoms with Crippen LogP contribution >= 0.6 is 0 Å². The number of alkyl halides is 6. The summed E-state index contributed by atoms with van der Waals surface area (Å²) in [6.07, 6.45) is -10.4. The second kappa shape index (κ2) is 23.8. The molecule has 2 bridgehead atoms. The van der Waals surface area contributed by atoms with Crippen molar-refractivity contribution in [2.24, 2.45) is 10.8 Å². The average Bonchev–Trinajstić information content (AvgIpc) is 4.02. The summed E-state index contributed by atoms with van der Waals surface area (Å²) in [7, 11) is 1.66. The summed E-state index contributed by atoms with van der Waals surface area (Å²) in [5.41, 5.74) is -3.54. The van der Waals surface area contributed by atoms with Crippen molar-refractivity contribution in [1.29, 1.82) is 0 Å². The number of hydrogen-bond acceptors (Lipinski definition) is 14. The number of ether oxygens (including phenoxy) is 3. The molecule has 4 aromatic rings. The lowest BCUT2D eigenvalue weighted by molar-refractivity contribution is -0.221. The fraction of sp³-hybridized carbons (Fsp3) is 0.481. The highest BCUT2D eigenvalue weighted by atomic mass is 19.4. The van der Waals surface area contributed by atoms with Gasteiger partial charge in [-0.25, -0.2) is 38.3 Å². The van der Waals surface area contributed by atoms with Crippen LogP contribution in [0.1, 0.15) is 56.4 Å². The predicted molar refractivity (Wildman–Crippen MR) is 263 cm³/mol. The number of carbonyl (C=O) groups is 4. The van der Waals surface area contributed by atoms with Crippen LogP contribution in [0, 0.1) is 34.3 Å². The first-order valence-electron chi connectivity index (χ1n) is 24.5. The number of anilines is 1. The van der Waals surface area contributed by atoms with Crippen LogP contribution in [-0.4, -0.2) is 156 Å².